The van der Waals surface area contributed by atoms with Gasteiger partial charge in [-0.2, -0.15) is 0 Å². The number of anilines is 1. The fourth-order valence-electron chi connectivity index (χ4n) is 0.832. The molecule has 6 N–H and O–H groups in total. The molecule has 0 aliphatic rings. The second-order valence-electron chi connectivity index (χ2n) is 2.34. The standard InChI is InChI=1S/C7H11N5/c8-6-3-1-5(2-4-6)7(9)11-12-10/h1-4,7H,8-9H2,(H2,10,11). The number of hydrogen-bond donors (Lipinski definition) is 3. The summed E-state index contributed by atoms with van der Waals surface area (Å²) >= 11 is 0. The summed E-state index contributed by atoms with van der Waals surface area (Å²) in [6, 6.07) is 7.08. The van der Waals surface area contributed by atoms with E-state index in [0.29, 0.717) is 5.69 Å². The van der Waals surface area contributed by atoms with E-state index in [-0.39, 0.29) is 0 Å². The topological polar surface area (TPSA) is 103 Å². The van der Waals surface area contributed by atoms with Crippen LogP contribution in [-0.4, -0.2) is 0 Å². The second-order valence-corrected chi connectivity index (χ2v) is 2.34. The van der Waals surface area contributed by atoms with Crippen LogP contribution in [0.5, 0.6) is 0 Å². The molecule has 0 spiro atoms. The summed E-state index contributed by atoms with van der Waals surface area (Å²) in [7, 11) is 0. The molecule has 0 aliphatic carbocycles. The highest BCUT2D eigenvalue weighted by molar-refractivity contribution is 5.39. The van der Waals surface area contributed by atoms with Crippen molar-refractivity contribution in [3.8, 4) is 0 Å². The molecule has 0 aromatic heterocycles. The van der Waals surface area contributed by atoms with Crippen molar-refractivity contribution in [3.63, 3.8) is 0 Å². The maximum atomic E-state index is 5.57. The highest BCUT2D eigenvalue weighted by Gasteiger charge is 2.01. The lowest BCUT2D eigenvalue weighted by molar-refractivity contribution is 0.704. The Hall–Kier alpha value is -1.62. The quantitative estimate of drug-likeness (QED) is 0.258. The highest BCUT2D eigenvalue weighted by Crippen LogP contribution is 2.13. The molecular weight excluding hydrogens is 154 g/mol. The van der Waals surface area contributed by atoms with Crippen molar-refractivity contribution in [2.45, 2.75) is 6.17 Å². The minimum Gasteiger partial charge on any atom is -0.399 e. The molecule has 0 amide bonds. The van der Waals surface area contributed by atoms with Gasteiger partial charge in [0.05, 0.1) is 0 Å². The predicted octanol–water partition coefficient (Wildman–Crippen LogP) is 0.552. The summed E-state index contributed by atoms with van der Waals surface area (Å²) in [5.74, 6) is 4.85. The molecule has 0 fully saturated rings. The molecule has 1 aromatic rings. The largest absolute Gasteiger partial charge is 0.399 e. The van der Waals surface area contributed by atoms with E-state index in [1.165, 1.54) is 0 Å². The average Bonchev–Trinajstić information content (AvgIpc) is 2.06. The molecule has 1 atom stereocenters. The van der Waals surface area contributed by atoms with Crippen LogP contribution in [0.1, 0.15) is 11.7 Å². The first-order valence-corrected chi connectivity index (χ1v) is 3.45. The van der Waals surface area contributed by atoms with Gasteiger partial charge < -0.3 is 17.3 Å². The number of rotatable bonds is 2. The van der Waals surface area contributed by atoms with Gasteiger partial charge in [-0.3, -0.25) is 0 Å². The summed E-state index contributed by atoms with van der Waals surface area (Å²) in [5.41, 5.74) is 12.6. The fraction of sp³-hybridized carbons (Fsp3) is 0.143. The van der Waals surface area contributed by atoms with Crippen LogP contribution in [0.3, 0.4) is 0 Å². The normalized spacial score (nSPS) is 13.4. The fourth-order valence-corrected chi connectivity index (χ4v) is 0.832. The molecule has 1 unspecified atom stereocenters. The first kappa shape index (κ1) is 8.48. The first-order chi connectivity index (χ1) is 5.74. The lowest BCUT2D eigenvalue weighted by atomic mass is 10.2. The summed E-state index contributed by atoms with van der Waals surface area (Å²) < 4.78 is 0. The van der Waals surface area contributed by atoms with Crippen molar-refractivity contribution in [3.05, 3.63) is 29.8 Å². The van der Waals surface area contributed by atoms with Crippen molar-refractivity contribution < 1.29 is 0 Å². The van der Waals surface area contributed by atoms with Crippen LogP contribution in [0.4, 0.5) is 5.69 Å². The number of benzene rings is 1. The van der Waals surface area contributed by atoms with Gasteiger partial charge in [0.1, 0.15) is 6.17 Å². The maximum absolute atomic E-state index is 5.57. The molecule has 1 rings (SSSR count). The zero-order chi connectivity index (χ0) is 8.97. The van der Waals surface area contributed by atoms with Crippen LogP contribution < -0.4 is 17.3 Å². The van der Waals surface area contributed by atoms with Gasteiger partial charge in [0, 0.05) is 5.69 Å². The van der Waals surface area contributed by atoms with Crippen molar-refractivity contribution in [1.29, 1.82) is 0 Å². The third-order valence-corrected chi connectivity index (χ3v) is 1.47. The molecule has 64 valence electrons. The predicted molar refractivity (Wildman–Crippen MR) is 46.8 cm³/mol. The van der Waals surface area contributed by atoms with Crippen LogP contribution in [0, 0.1) is 0 Å². The second kappa shape index (κ2) is 3.68. The van der Waals surface area contributed by atoms with Crippen LogP contribution >= 0.6 is 0 Å². The monoisotopic (exact) mass is 165 g/mol. The third kappa shape index (κ3) is 1.93. The SMILES string of the molecule is NN=NC(N)c1ccc(N)cc1. The van der Waals surface area contributed by atoms with Gasteiger partial charge in [-0.05, 0) is 17.7 Å². The number of nitrogen functional groups attached to an aromatic ring is 1. The summed E-state index contributed by atoms with van der Waals surface area (Å²) in [5, 5.41) is 6.67. The summed E-state index contributed by atoms with van der Waals surface area (Å²) in [4.78, 5) is 0. The molecule has 0 saturated carbocycles. The van der Waals surface area contributed by atoms with Crippen LogP contribution in [0.15, 0.2) is 34.6 Å². The van der Waals surface area contributed by atoms with Gasteiger partial charge in [0.15, 0.2) is 0 Å². The lowest BCUT2D eigenvalue weighted by Gasteiger charge is -2.03. The van der Waals surface area contributed by atoms with Crippen molar-refractivity contribution in [2.24, 2.45) is 21.9 Å². The molecule has 5 nitrogen and oxygen atoms in total. The van der Waals surface area contributed by atoms with E-state index < -0.39 is 6.17 Å². The minimum absolute atomic E-state index is 0.504. The Bertz CT molecular complexity index is 266. The highest BCUT2D eigenvalue weighted by atomic mass is 15.3. The Labute approximate surface area is 70.2 Å². The van der Waals surface area contributed by atoms with Crippen molar-refractivity contribution in [2.75, 3.05) is 5.73 Å². The Morgan fingerprint density at radius 1 is 1.17 bits per heavy atom. The van der Waals surface area contributed by atoms with Crippen molar-refractivity contribution in [1.82, 2.24) is 0 Å². The molecule has 0 aliphatic heterocycles. The third-order valence-electron chi connectivity index (χ3n) is 1.47. The number of nitrogens with zero attached hydrogens (tertiary/aromatic N) is 2. The van der Waals surface area contributed by atoms with Gasteiger partial charge in [-0.1, -0.05) is 17.4 Å². The molecule has 0 saturated heterocycles. The average molecular weight is 165 g/mol. The minimum atomic E-state index is -0.504. The molecule has 5 heteroatoms. The van der Waals surface area contributed by atoms with Crippen LogP contribution in [0.2, 0.25) is 0 Å². The van der Waals surface area contributed by atoms with Gasteiger partial charge >= 0.3 is 0 Å². The van der Waals surface area contributed by atoms with E-state index in [0.717, 1.165) is 5.56 Å². The van der Waals surface area contributed by atoms with Crippen molar-refractivity contribution >= 4 is 5.69 Å². The van der Waals surface area contributed by atoms with Crippen LogP contribution in [-0.2, 0) is 0 Å². The number of hydrogen-bond acceptors (Lipinski definition) is 4. The zero-order valence-corrected chi connectivity index (χ0v) is 6.51. The van der Waals surface area contributed by atoms with E-state index >= 15 is 0 Å². The Morgan fingerprint density at radius 2 is 1.75 bits per heavy atom. The molecule has 0 radical (unpaired) electrons. The lowest BCUT2D eigenvalue weighted by Crippen LogP contribution is -2.07. The van der Waals surface area contributed by atoms with Crippen LogP contribution in [0.25, 0.3) is 0 Å². The van der Waals surface area contributed by atoms with E-state index in [1.54, 1.807) is 24.3 Å². The van der Waals surface area contributed by atoms with Gasteiger partial charge in [0.25, 0.3) is 0 Å². The smallest absolute Gasteiger partial charge is 0.146 e. The zero-order valence-electron chi connectivity index (χ0n) is 6.51. The van der Waals surface area contributed by atoms with Gasteiger partial charge in [-0.25, -0.2) is 0 Å². The molecule has 1 aromatic carbocycles. The maximum Gasteiger partial charge on any atom is 0.146 e. The number of nitrogens with two attached hydrogens (primary N) is 3. The first-order valence-electron chi connectivity index (χ1n) is 3.45. The van der Waals surface area contributed by atoms with E-state index in [1.807, 2.05) is 0 Å². The van der Waals surface area contributed by atoms with Gasteiger partial charge in [-0.15, -0.1) is 5.11 Å². The Kier molecular flexibility index (Phi) is 2.60. The van der Waals surface area contributed by atoms with E-state index in [2.05, 4.69) is 10.3 Å². The summed E-state index contributed by atoms with van der Waals surface area (Å²) in [6.45, 7) is 0. The molecule has 12 heavy (non-hydrogen) atoms. The van der Waals surface area contributed by atoms with E-state index in [9.17, 15) is 0 Å². The molecular formula is C7H11N5. The van der Waals surface area contributed by atoms with Gasteiger partial charge in [0.2, 0.25) is 0 Å². The van der Waals surface area contributed by atoms with E-state index in [4.69, 9.17) is 17.3 Å². The Balaban J connectivity index is 2.82. The molecule has 0 heterocycles. The Morgan fingerprint density at radius 3 is 2.25 bits per heavy atom. The summed E-state index contributed by atoms with van der Waals surface area (Å²) in [6.07, 6.45) is -0.504. The molecule has 0 bridgehead atoms.